The maximum Gasteiger partial charge on any atom is 0.286 e. The summed E-state index contributed by atoms with van der Waals surface area (Å²) in [7, 11) is -3.84. The van der Waals surface area contributed by atoms with E-state index in [0.29, 0.717) is 29.7 Å². The van der Waals surface area contributed by atoms with E-state index in [-0.39, 0.29) is 16.4 Å². The number of nitrogens with one attached hydrogen (secondary N) is 1. The highest BCUT2D eigenvalue weighted by atomic mass is 79.9. The predicted octanol–water partition coefficient (Wildman–Crippen LogP) is 4.28. The van der Waals surface area contributed by atoms with E-state index in [4.69, 9.17) is 0 Å². The number of sulfonamides is 1. The summed E-state index contributed by atoms with van der Waals surface area (Å²) in [5, 5.41) is 2.77. The molecule has 1 N–H and O–H groups in total. The number of carbonyl (C=O) groups excluding carboxylic acids is 1. The highest BCUT2D eigenvalue weighted by Gasteiger charge is 2.30. The number of amidine groups is 1. The number of halogens is 1. The summed E-state index contributed by atoms with van der Waals surface area (Å²) in [6, 6.07) is 11.9. The Morgan fingerprint density at radius 2 is 1.96 bits per heavy atom. The summed E-state index contributed by atoms with van der Waals surface area (Å²) < 4.78 is 29.8. The molecule has 0 fully saturated rings. The van der Waals surface area contributed by atoms with E-state index in [1.54, 1.807) is 37.3 Å². The topological polar surface area (TPSA) is 78.8 Å². The largest absolute Gasteiger partial charge is 0.328 e. The summed E-state index contributed by atoms with van der Waals surface area (Å²) >= 11 is 3.35. The third-order valence-corrected chi connectivity index (χ3v) is 5.94. The lowest BCUT2D eigenvalue weighted by Crippen LogP contribution is -2.36. The van der Waals surface area contributed by atoms with E-state index in [1.165, 1.54) is 6.07 Å². The summed E-state index contributed by atoms with van der Waals surface area (Å²) in [6.45, 7) is 6.42. The van der Waals surface area contributed by atoms with Crippen LogP contribution in [-0.4, -0.2) is 26.7 Å². The van der Waals surface area contributed by atoms with Crippen LogP contribution in [0.25, 0.3) is 0 Å². The first-order chi connectivity index (χ1) is 12.7. The number of hydrogen-bond acceptors (Lipinski definition) is 4. The fourth-order valence-electron chi connectivity index (χ4n) is 2.90. The minimum Gasteiger partial charge on any atom is -0.328 e. The number of amides is 1. The van der Waals surface area contributed by atoms with Gasteiger partial charge in [0, 0.05) is 22.3 Å². The molecule has 0 unspecified atom stereocenters. The lowest BCUT2D eigenvalue weighted by molar-refractivity contribution is 0.102. The molecule has 1 amide bonds. The van der Waals surface area contributed by atoms with Crippen molar-refractivity contribution in [2.75, 3.05) is 16.8 Å². The molecule has 27 heavy (non-hydrogen) atoms. The maximum atomic E-state index is 12.6. The van der Waals surface area contributed by atoms with E-state index < -0.39 is 10.0 Å². The maximum absolute atomic E-state index is 12.6. The molecule has 2 aromatic carbocycles. The van der Waals surface area contributed by atoms with Crippen LogP contribution in [0.5, 0.6) is 0 Å². The van der Waals surface area contributed by atoms with Crippen molar-refractivity contribution in [1.82, 2.24) is 0 Å². The SMILES string of the molecule is CC1=NS(=O)(=O)c2cc(C(=O)Nc3cccc(Br)c3)ccc2N1CC(C)C. The summed E-state index contributed by atoms with van der Waals surface area (Å²) in [6.07, 6.45) is 0. The van der Waals surface area contributed by atoms with E-state index in [9.17, 15) is 13.2 Å². The zero-order valence-corrected chi connectivity index (χ0v) is 17.6. The average molecular weight is 450 g/mol. The standard InChI is InChI=1S/C19H20BrN3O3S/c1-12(2)11-23-13(3)22-27(25,26)18-9-14(7-8-17(18)23)19(24)21-16-6-4-5-15(20)10-16/h4-10,12H,11H2,1-3H3,(H,21,24). The van der Waals surface area contributed by atoms with Crippen LogP contribution in [0.4, 0.5) is 11.4 Å². The Labute approximate surface area is 167 Å². The summed E-state index contributed by atoms with van der Waals surface area (Å²) in [5.41, 5.74) is 1.43. The first-order valence-corrected chi connectivity index (χ1v) is 10.7. The molecule has 0 aliphatic carbocycles. The van der Waals surface area contributed by atoms with Crippen LogP contribution in [0, 0.1) is 5.92 Å². The second kappa shape index (κ2) is 7.44. The fraction of sp³-hybridized carbons (Fsp3) is 0.263. The van der Waals surface area contributed by atoms with Gasteiger partial charge in [-0.25, -0.2) is 0 Å². The van der Waals surface area contributed by atoms with Crippen molar-refractivity contribution < 1.29 is 13.2 Å². The zero-order chi connectivity index (χ0) is 19.8. The molecular weight excluding hydrogens is 430 g/mol. The number of benzene rings is 2. The second-order valence-corrected chi connectivity index (χ2v) is 9.25. The first-order valence-electron chi connectivity index (χ1n) is 8.47. The monoisotopic (exact) mass is 449 g/mol. The van der Waals surface area contributed by atoms with Crippen LogP contribution in [0.3, 0.4) is 0 Å². The number of nitrogens with zero attached hydrogens (tertiary/aromatic N) is 2. The van der Waals surface area contributed by atoms with Gasteiger partial charge in [0.15, 0.2) is 0 Å². The number of hydrogen-bond donors (Lipinski definition) is 1. The molecule has 1 aliphatic rings. The molecule has 8 heteroatoms. The van der Waals surface area contributed by atoms with Gasteiger partial charge in [0.25, 0.3) is 15.9 Å². The molecule has 0 atom stereocenters. The third-order valence-electron chi connectivity index (χ3n) is 4.06. The van der Waals surface area contributed by atoms with Crippen LogP contribution in [0.2, 0.25) is 0 Å². The fourth-order valence-corrected chi connectivity index (χ4v) is 4.56. The molecule has 0 saturated carbocycles. The van der Waals surface area contributed by atoms with Gasteiger partial charge in [0.05, 0.1) is 5.69 Å². The Kier molecular flexibility index (Phi) is 5.39. The smallest absolute Gasteiger partial charge is 0.286 e. The van der Waals surface area contributed by atoms with E-state index >= 15 is 0 Å². The van der Waals surface area contributed by atoms with Gasteiger partial charge in [-0.3, -0.25) is 4.79 Å². The van der Waals surface area contributed by atoms with Crippen LogP contribution in [-0.2, 0) is 10.0 Å². The number of rotatable bonds is 4. The van der Waals surface area contributed by atoms with Crippen molar-refractivity contribution >= 4 is 49.1 Å². The molecule has 3 rings (SSSR count). The molecule has 0 saturated heterocycles. The van der Waals surface area contributed by atoms with Gasteiger partial charge in [-0.05, 0) is 49.2 Å². The molecule has 0 radical (unpaired) electrons. The first kappa shape index (κ1) is 19.6. The van der Waals surface area contributed by atoms with Crippen molar-refractivity contribution in [3.8, 4) is 0 Å². The Hall–Kier alpha value is -2.19. The van der Waals surface area contributed by atoms with Crippen molar-refractivity contribution in [2.24, 2.45) is 10.3 Å². The van der Waals surface area contributed by atoms with Crippen LogP contribution in [0.1, 0.15) is 31.1 Å². The molecule has 6 nitrogen and oxygen atoms in total. The van der Waals surface area contributed by atoms with Gasteiger partial charge in [-0.2, -0.15) is 8.42 Å². The number of fused-ring (bicyclic) bond motifs is 1. The van der Waals surface area contributed by atoms with Crippen LogP contribution in [0.15, 0.2) is 56.2 Å². The Bertz CT molecular complexity index is 1030. The number of anilines is 2. The highest BCUT2D eigenvalue weighted by Crippen LogP contribution is 2.33. The number of carbonyl (C=O) groups is 1. The van der Waals surface area contributed by atoms with E-state index in [0.717, 1.165) is 4.47 Å². The van der Waals surface area contributed by atoms with Gasteiger partial charge in [0.1, 0.15) is 10.7 Å². The normalized spacial score (nSPS) is 15.3. The Morgan fingerprint density at radius 3 is 2.63 bits per heavy atom. The molecule has 0 spiro atoms. The Balaban J connectivity index is 1.97. The van der Waals surface area contributed by atoms with Gasteiger partial charge in [0.2, 0.25) is 0 Å². The Morgan fingerprint density at radius 1 is 1.22 bits per heavy atom. The minimum atomic E-state index is -3.84. The molecule has 142 valence electrons. The van der Waals surface area contributed by atoms with E-state index in [2.05, 4.69) is 39.5 Å². The van der Waals surface area contributed by atoms with Crippen molar-refractivity contribution in [3.63, 3.8) is 0 Å². The third kappa shape index (κ3) is 4.22. The van der Waals surface area contributed by atoms with Crippen molar-refractivity contribution in [3.05, 3.63) is 52.5 Å². The molecule has 1 heterocycles. The lowest BCUT2D eigenvalue weighted by atomic mass is 10.1. The molecule has 0 bridgehead atoms. The molecule has 1 aliphatic heterocycles. The van der Waals surface area contributed by atoms with Crippen molar-refractivity contribution in [2.45, 2.75) is 25.7 Å². The van der Waals surface area contributed by atoms with Gasteiger partial charge in [-0.15, -0.1) is 4.40 Å². The molecular formula is C19H20BrN3O3S. The molecule has 0 aromatic heterocycles. The van der Waals surface area contributed by atoms with Crippen LogP contribution >= 0.6 is 15.9 Å². The van der Waals surface area contributed by atoms with Gasteiger partial charge >= 0.3 is 0 Å². The quantitative estimate of drug-likeness (QED) is 0.754. The molecule has 2 aromatic rings. The highest BCUT2D eigenvalue weighted by molar-refractivity contribution is 9.10. The lowest BCUT2D eigenvalue weighted by Gasteiger charge is -2.30. The summed E-state index contributed by atoms with van der Waals surface area (Å²) in [5.74, 6) is 0.374. The minimum absolute atomic E-state index is 0.0515. The average Bonchev–Trinajstić information content (AvgIpc) is 2.57. The van der Waals surface area contributed by atoms with Gasteiger partial charge in [-0.1, -0.05) is 35.8 Å². The second-order valence-electron chi connectivity index (χ2n) is 6.76. The zero-order valence-electron chi connectivity index (χ0n) is 15.2. The van der Waals surface area contributed by atoms with E-state index in [1.807, 2.05) is 11.0 Å². The van der Waals surface area contributed by atoms with Gasteiger partial charge < -0.3 is 10.2 Å². The summed E-state index contributed by atoms with van der Waals surface area (Å²) in [4.78, 5) is 14.5. The van der Waals surface area contributed by atoms with Crippen LogP contribution < -0.4 is 10.2 Å². The van der Waals surface area contributed by atoms with Crippen molar-refractivity contribution in [1.29, 1.82) is 0 Å². The predicted molar refractivity (Wildman–Crippen MR) is 111 cm³/mol.